The molecule has 29 heavy (non-hydrogen) atoms. The first-order chi connectivity index (χ1) is 13.6. The minimum absolute atomic E-state index is 0.0343. The van der Waals surface area contributed by atoms with Gasteiger partial charge in [-0.05, 0) is 71.8 Å². The number of sulfonamides is 1. The van der Waals surface area contributed by atoms with Crippen LogP contribution in [0.4, 0.5) is 17.5 Å². The highest BCUT2D eigenvalue weighted by atomic mass is 32.2. The van der Waals surface area contributed by atoms with E-state index in [0.717, 1.165) is 31.5 Å². The maximum atomic E-state index is 12.8. The van der Waals surface area contributed by atoms with E-state index < -0.39 is 10.0 Å². The summed E-state index contributed by atoms with van der Waals surface area (Å²) in [5.74, 6) is 1.15. The second-order valence-electron chi connectivity index (χ2n) is 8.40. The van der Waals surface area contributed by atoms with E-state index in [2.05, 4.69) is 30.6 Å². The minimum atomic E-state index is -3.58. The second kappa shape index (κ2) is 8.64. The van der Waals surface area contributed by atoms with E-state index in [1.165, 1.54) is 0 Å². The molecule has 4 N–H and O–H groups in total. The average molecular weight is 419 g/mol. The molecule has 1 aromatic carbocycles. The van der Waals surface area contributed by atoms with Crippen molar-refractivity contribution in [2.75, 3.05) is 23.7 Å². The molecule has 1 fully saturated rings. The van der Waals surface area contributed by atoms with E-state index in [4.69, 9.17) is 0 Å². The van der Waals surface area contributed by atoms with Crippen molar-refractivity contribution >= 4 is 27.5 Å². The van der Waals surface area contributed by atoms with Gasteiger partial charge in [0.05, 0.1) is 4.90 Å². The number of rotatable bonds is 6. The third kappa shape index (κ3) is 6.12. The number of piperidine rings is 1. The molecule has 1 aliphatic rings. The summed E-state index contributed by atoms with van der Waals surface area (Å²) in [4.78, 5) is 9.08. The molecule has 3 rings (SSSR count). The Labute approximate surface area is 173 Å². The highest BCUT2D eigenvalue weighted by Gasteiger charge is 2.22. The van der Waals surface area contributed by atoms with Crippen LogP contribution in [-0.2, 0) is 10.0 Å². The molecule has 1 aromatic heterocycles. The van der Waals surface area contributed by atoms with E-state index in [1.54, 1.807) is 24.4 Å². The standard InChI is InChI=1S/C20H30N6O2S/c1-14-13-22-19(25-20(2,3)4)24-18(14)23-16-6-5-7-17(12-16)29(27,28)26-15-8-10-21-11-9-15/h5-7,12-13,15,21,26H,8-11H2,1-4H3,(H2,22,23,24,25). The molecular weight excluding hydrogens is 388 g/mol. The first-order valence-corrected chi connectivity index (χ1v) is 11.3. The summed E-state index contributed by atoms with van der Waals surface area (Å²) in [6.07, 6.45) is 3.32. The molecule has 0 radical (unpaired) electrons. The molecule has 8 nitrogen and oxygen atoms in total. The van der Waals surface area contributed by atoms with Crippen molar-refractivity contribution in [2.45, 2.75) is 57.0 Å². The van der Waals surface area contributed by atoms with Gasteiger partial charge in [0.1, 0.15) is 5.82 Å². The highest BCUT2D eigenvalue weighted by molar-refractivity contribution is 7.89. The lowest BCUT2D eigenvalue weighted by Crippen LogP contribution is -2.42. The van der Waals surface area contributed by atoms with Crippen molar-refractivity contribution in [1.29, 1.82) is 0 Å². The molecule has 0 aliphatic carbocycles. The predicted octanol–water partition coefficient (Wildman–Crippen LogP) is 2.77. The zero-order valence-electron chi connectivity index (χ0n) is 17.4. The van der Waals surface area contributed by atoms with Crippen LogP contribution in [0.1, 0.15) is 39.2 Å². The topological polar surface area (TPSA) is 108 Å². The maximum absolute atomic E-state index is 12.8. The van der Waals surface area contributed by atoms with E-state index in [1.807, 2.05) is 33.8 Å². The highest BCUT2D eigenvalue weighted by Crippen LogP contribution is 2.23. The average Bonchev–Trinajstić information content (AvgIpc) is 2.64. The van der Waals surface area contributed by atoms with Crippen LogP contribution in [0, 0.1) is 6.92 Å². The molecule has 2 aromatic rings. The zero-order chi connectivity index (χ0) is 21.1. The van der Waals surface area contributed by atoms with Gasteiger partial charge >= 0.3 is 0 Å². The normalized spacial score (nSPS) is 15.9. The number of nitrogens with one attached hydrogen (secondary N) is 4. The van der Waals surface area contributed by atoms with E-state index >= 15 is 0 Å². The number of benzene rings is 1. The fraction of sp³-hybridized carbons (Fsp3) is 0.500. The smallest absolute Gasteiger partial charge is 0.240 e. The third-order valence-corrected chi connectivity index (χ3v) is 6.04. The summed E-state index contributed by atoms with van der Waals surface area (Å²) in [7, 11) is -3.58. The van der Waals surface area contributed by atoms with Gasteiger partial charge in [-0.15, -0.1) is 0 Å². The fourth-order valence-corrected chi connectivity index (χ4v) is 4.42. The summed E-state index contributed by atoms with van der Waals surface area (Å²) in [5, 5.41) is 9.70. The first kappa shape index (κ1) is 21.5. The van der Waals surface area contributed by atoms with Crippen molar-refractivity contribution in [1.82, 2.24) is 20.0 Å². The Kier molecular flexibility index (Phi) is 6.40. The van der Waals surface area contributed by atoms with Gasteiger partial charge < -0.3 is 16.0 Å². The van der Waals surface area contributed by atoms with Crippen molar-refractivity contribution in [3.8, 4) is 0 Å². The Balaban J connectivity index is 1.78. The molecule has 0 saturated carbocycles. The van der Waals surface area contributed by atoms with Crippen LogP contribution in [-0.4, -0.2) is 43.1 Å². The van der Waals surface area contributed by atoms with Crippen LogP contribution in [0.2, 0.25) is 0 Å². The van der Waals surface area contributed by atoms with Crippen LogP contribution in [0.15, 0.2) is 35.4 Å². The van der Waals surface area contributed by atoms with Crippen LogP contribution in [0.5, 0.6) is 0 Å². The fourth-order valence-electron chi connectivity index (χ4n) is 3.07. The van der Waals surface area contributed by atoms with Gasteiger partial charge in [-0.1, -0.05) is 6.07 Å². The van der Waals surface area contributed by atoms with Gasteiger partial charge in [-0.3, -0.25) is 0 Å². The molecule has 0 spiro atoms. The molecule has 1 saturated heterocycles. The molecule has 9 heteroatoms. The van der Waals surface area contributed by atoms with Crippen molar-refractivity contribution in [3.05, 3.63) is 36.0 Å². The Bertz CT molecular complexity index is 950. The van der Waals surface area contributed by atoms with Gasteiger partial charge in [0, 0.05) is 29.0 Å². The Morgan fingerprint density at radius 2 is 1.90 bits per heavy atom. The predicted molar refractivity (Wildman–Crippen MR) is 116 cm³/mol. The lowest BCUT2D eigenvalue weighted by atomic mass is 10.1. The van der Waals surface area contributed by atoms with Crippen molar-refractivity contribution in [3.63, 3.8) is 0 Å². The Morgan fingerprint density at radius 3 is 2.59 bits per heavy atom. The van der Waals surface area contributed by atoms with E-state index in [-0.39, 0.29) is 16.5 Å². The van der Waals surface area contributed by atoms with E-state index in [0.29, 0.717) is 17.5 Å². The second-order valence-corrected chi connectivity index (χ2v) is 10.1. The summed E-state index contributed by atoms with van der Waals surface area (Å²) in [6.45, 7) is 9.66. The molecule has 0 atom stereocenters. The molecule has 0 unspecified atom stereocenters. The van der Waals surface area contributed by atoms with Crippen LogP contribution >= 0.6 is 0 Å². The lowest BCUT2D eigenvalue weighted by molar-refractivity contribution is 0.427. The quantitative estimate of drug-likeness (QED) is 0.571. The van der Waals surface area contributed by atoms with Gasteiger partial charge in [-0.2, -0.15) is 4.98 Å². The lowest BCUT2D eigenvalue weighted by Gasteiger charge is -2.23. The van der Waals surface area contributed by atoms with Crippen molar-refractivity contribution in [2.24, 2.45) is 0 Å². The molecule has 158 valence electrons. The van der Waals surface area contributed by atoms with Crippen molar-refractivity contribution < 1.29 is 8.42 Å². The minimum Gasteiger partial charge on any atom is -0.350 e. The van der Waals surface area contributed by atoms with Crippen LogP contribution < -0.4 is 20.7 Å². The Hall–Kier alpha value is -2.23. The van der Waals surface area contributed by atoms with Gasteiger partial charge in [0.25, 0.3) is 0 Å². The third-order valence-electron chi connectivity index (χ3n) is 4.53. The molecule has 2 heterocycles. The molecule has 1 aliphatic heterocycles. The SMILES string of the molecule is Cc1cnc(NC(C)(C)C)nc1Nc1cccc(S(=O)(=O)NC2CCNCC2)c1. The van der Waals surface area contributed by atoms with Gasteiger partial charge in [0.2, 0.25) is 16.0 Å². The zero-order valence-corrected chi connectivity index (χ0v) is 18.2. The van der Waals surface area contributed by atoms with Crippen LogP contribution in [0.3, 0.4) is 0 Å². The number of aromatic nitrogens is 2. The number of aryl methyl sites for hydroxylation is 1. The largest absolute Gasteiger partial charge is 0.350 e. The Morgan fingerprint density at radius 1 is 1.17 bits per heavy atom. The van der Waals surface area contributed by atoms with E-state index in [9.17, 15) is 8.42 Å². The first-order valence-electron chi connectivity index (χ1n) is 9.84. The summed E-state index contributed by atoms with van der Waals surface area (Å²) < 4.78 is 28.4. The summed E-state index contributed by atoms with van der Waals surface area (Å²) in [5.41, 5.74) is 1.35. The number of hydrogen-bond donors (Lipinski definition) is 4. The summed E-state index contributed by atoms with van der Waals surface area (Å²) in [6, 6.07) is 6.75. The van der Waals surface area contributed by atoms with Crippen LogP contribution in [0.25, 0.3) is 0 Å². The number of hydrogen-bond acceptors (Lipinski definition) is 7. The summed E-state index contributed by atoms with van der Waals surface area (Å²) >= 11 is 0. The van der Waals surface area contributed by atoms with Gasteiger partial charge in [-0.25, -0.2) is 18.1 Å². The molecule has 0 amide bonds. The number of anilines is 3. The monoisotopic (exact) mass is 418 g/mol. The molecule has 0 bridgehead atoms. The number of nitrogens with zero attached hydrogens (tertiary/aromatic N) is 2. The maximum Gasteiger partial charge on any atom is 0.240 e. The van der Waals surface area contributed by atoms with Gasteiger partial charge in [0.15, 0.2) is 0 Å². The molecular formula is C20H30N6O2S.